The zero-order valence-corrected chi connectivity index (χ0v) is 15.1. The van der Waals surface area contributed by atoms with Crippen LogP contribution in [0.2, 0.25) is 0 Å². The first-order valence-corrected chi connectivity index (χ1v) is 7.16. The van der Waals surface area contributed by atoms with Crippen LogP contribution in [0.15, 0.2) is 65.7 Å². The summed E-state index contributed by atoms with van der Waals surface area (Å²) >= 11 is 0. The molecule has 0 heterocycles. The van der Waals surface area contributed by atoms with Gasteiger partial charge in [-0.15, -0.1) is 24.0 Å². The molecule has 0 saturated heterocycles. The number of hydrogen-bond donors (Lipinski definition) is 3. The SMILES string of the molecule is I.NC(=NCC(=O)NCCc1ccccc1)Nc1ccccc1. The van der Waals surface area contributed by atoms with Crippen molar-refractivity contribution in [2.45, 2.75) is 6.42 Å². The highest BCUT2D eigenvalue weighted by Gasteiger charge is 2.00. The fraction of sp³-hybridized carbons (Fsp3) is 0.176. The van der Waals surface area contributed by atoms with Crippen LogP contribution in [0.25, 0.3) is 0 Å². The summed E-state index contributed by atoms with van der Waals surface area (Å²) < 4.78 is 0. The molecular weight excluding hydrogens is 403 g/mol. The molecule has 0 aliphatic rings. The van der Waals surface area contributed by atoms with Crippen LogP contribution in [0.1, 0.15) is 5.56 Å². The van der Waals surface area contributed by atoms with E-state index in [9.17, 15) is 4.79 Å². The number of benzene rings is 2. The van der Waals surface area contributed by atoms with E-state index in [4.69, 9.17) is 5.73 Å². The van der Waals surface area contributed by atoms with Crippen LogP contribution in [0, 0.1) is 0 Å². The van der Waals surface area contributed by atoms with Gasteiger partial charge in [0, 0.05) is 12.2 Å². The molecule has 0 aromatic heterocycles. The lowest BCUT2D eigenvalue weighted by Gasteiger charge is -2.06. The number of nitrogens with two attached hydrogens (primary N) is 1. The Kier molecular flexibility index (Phi) is 8.74. The molecule has 122 valence electrons. The summed E-state index contributed by atoms with van der Waals surface area (Å²) in [4.78, 5) is 15.7. The highest BCUT2D eigenvalue weighted by molar-refractivity contribution is 14.0. The Morgan fingerprint density at radius 2 is 1.61 bits per heavy atom. The summed E-state index contributed by atoms with van der Waals surface area (Å²) in [5.74, 6) is 0.0816. The van der Waals surface area contributed by atoms with E-state index in [-0.39, 0.29) is 42.4 Å². The van der Waals surface area contributed by atoms with Crippen LogP contribution in [0.3, 0.4) is 0 Å². The quantitative estimate of drug-likeness (QED) is 0.379. The molecule has 0 unspecified atom stereocenters. The second-order valence-corrected chi connectivity index (χ2v) is 4.78. The molecule has 0 bridgehead atoms. The second kappa shape index (κ2) is 10.6. The first kappa shape index (κ1) is 19.0. The molecule has 0 aliphatic carbocycles. The molecule has 4 N–H and O–H groups in total. The number of guanidine groups is 1. The molecule has 0 spiro atoms. The smallest absolute Gasteiger partial charge is 0.241 e. The number of amides is 1. The molecule has 5 nitrogen and oxygen atoms in total. The van der Waals surface area contributed by atoms with E-state index in [0.717, 1.165) is 12.1 Å². The lowest BCUT2D eigenvalue weighted by Crippen LogP contribution is -2.30. The molecule has 1 amide bonds. The summed E-state index contributed by atoms with van der Waals surface area (Å²) in [6.45, 7) is 0.602. The van der Waals surface area contributed by atoms with Crippen molar-refractivity contribution in [3.63, 3.8) is 0 Å². The van der Waals surface area contributed by atoms with E-state index < -0.39 is 0 Å². The molecule has 0 fully saturated rings. The van der Waals surface area contributed by atoms with Gasteiger partial charge in [-0.25, -0.2) is 4.99 Å². The number of nitrogens with zero attached hydrogens (tertiary/aromatic N) is 1. The minimum atomic E-state index is -0.145. The molecule has 6 heteroatoms. The minimum Gasteiger partial charge on any atom is -0.370 e. The monoisotopic (exact) mass is 424 g/mol. The van der Waals surface area contributed by atoms with Gasteiger partial charge in [0.1, 0.15) is 6.54 Å². The Labute approximate surface area is 153 Å². The van der Waals surface area contributed by atoms with E-state index in [0.29, 0.717) is 6.54 Å². The van der Waals surface area contributed by atoms with Gasteiger partial charge in [0.2, 0.25) is 5.91 Å². The van der Waals surface area contributed by atoms with Crippen molar-refractivity contribution in [3.05, 3.63) is 66.2 Å². The summed E-state index contributed by atoms with van der Waals surface area (Å²) in [5.41, 5.74) is 7.76. The van der Waals surface area contributed by atoms with Crippen LogP contribution in [0.4, 0.5) is 5.69 Å². The van der Waals surface area contributed by atoms with Gasteiger partial charge in [0.25, 0.3) is 0 Å². The van der Waals surface area contributed by atoms with Crippen molar-refractivity contribution in [2.24, 2.45) is 10.7 Å². The highest BCUT2D eigenvalue weighted by Crippen LogP contribution is 2.03. The Morgan fingerprint density at radius 1 is 1.00 bits per heavy atom. The number of hydrogen-bond acceptors (Lipinski definition) is 2. The average molecular weight is 424 g/mol. The highest BCUT2D eigenvalue weighted by atomic mass is 127. The van der Waals surface area contributed by atoms with E-state index >= 15 is 0 Å². The summed E-state index contributed by atoms with van der Waals surface area (Å²) in [6.07, 6.45) is 0.800. The van der Waals surface area contributed by atoms with Gasteiger partial charge in [0.05, 0.1) is 0 Å². The van der Waals surface area contributed by atoms with E-state index in [1.807, 2.05) is 60.7 Å². The van der Waals surface area contributed by atoms with Crippen LogP contribution < -0.4 is 16.4 Å². The van der Waals surface area contributed by atoms with Crippen LogP contribution in [0.5, 0.6) is 0 Å². The van der Waals surface area contributed by atoms with Crippen LogP contribution in [-0.2, 0) is 11.2 Å². The van der Waals surface area contributed by atoms with Crippen LogP contribution in [-0.4, -0.2) is 25.0 Å². The third-order valence-corrected chi connectivity index (χ3v) is 3.02. The zero-order valence-electron chi connectivity index (χ0n) is 12.7. The number of nitrogens with one attached hydrogen (secondary N) is 2. The first-order chi connectivity index (χ1) is 10.7. The molecule has 23 heavy (non-hydrogen) atoms. The van der Waals surface area contributed by atoms with Crippen molar-refractivity contribution in [1.29, 1.82) is 0 Å². The Bertz CT molecular complexity index is 617. The molecule has 0 saturated carbocycles. The molecule has 2 aromatic carbocycles. The lowest BCUT2D eigenvalue weighted by molar-refractivity contribution is -0.119. The number of carbonyl (C=O) groups excluding carboxylic acids is 1. The molecular formula is C17H21IN4O. The molecule has 2 rings (SSSR count). The Morgan fingerprint density at radius 3 is 2.26 bits per heavy atom. The van der Waals surface area contributed by atoms with Crippen molar-refractivity contribution in [2.75, 3.05) is 18.4 Å². The van der Waals surface area contributed by atoms with Gasteiger partial charge < -0.3 is 16.4 Å². The van der Waals surface area contributed by atoms with Gasteiger partial charge in [-0.1, -0.05) is 48.5 Å². The number of para-hydroxylation sites is 1. The van der Waals surface area contributed by atoms with E-state index in [2.05, 4.69) is 15.6 Å². The summed E-state index contributed by atoms with van der Waals surface area (Å²) in [7, 11) is 0. The number of carbonyl (C=O) groups is 1. The number of rotatable bonds is 6. The normalized spacial score (nSPS) is 10.5. The largest absolute Gasteiger partial charge is 0.370 e. The van der Waals surface area contributed by atoms with Crippen molar-refractivity contribution >= 4 is 41.5 Å². The molecule has 2 aromatic rings. The lowest BCUT2D eigenvalue weighted by atomic mass is 10.1. The second-order valence-electron chi connectivity index (χ2n) is 4.78. The van der Waals surface area contributed by atoms with Gasteiger partial charge in [0.15, 0.2) is 5.96 Å². The third-order valence-electron chi connectivity index (χ3n) is 3.02. The fourth-order valence-electron chi connectivity index (χ4n) is 1.91. The summed E-state index contributed by atoms with van der Waals surface area (Å²) in [6, 6.07) is 19.5. The van der Waals surface area contributed by atoms with Gasteiger partial charge >= 0.3 is 0 Å². The molecule has 0 atom stereocenters. The standard InChI is InChI=1S/C17H20N4O.HI/c18-17(21-15-9-5-2-6-10-15)20-13-16(22)19-12-11-14-7-3-1-4-8-14;/h1-10H,11-13H2,(H,19,22)(H3,18,20,21);1H. The van der Waals surface area contributed by atoms with Crippen molar-refractivity contribution < 1.29 is 4.79 Å². The predicted molar refractivity (Wildman–Crippen MR) is 105 cm³/mol. The topological polar surface area (TPSA) is 79.5 Å². The van der Waals surface area contributed by atoms with Crippen molar-refractivity contribution in [3.8, 4) is 0 Å². The predicted octanol–water partition coefficient (Wildman–Crippen LogP) is 2.39. The maximum atomic E-state index is 11.7. The Balaban J connectivity index is 0.00000264. The van der Waals surface area contributed by atoms with E-state index in [1.165, 1.54) is 5.56 Å². The van der Waals surface area contributed by atoms with Gasteiger partial charge in [-0.2, -0.15) is 0 Å². The van der Waals surface area contributed by atoms with Gasteiger partial charge in [-0.3, -0.25) is 4.79 Å². The average Bonchev–Trinajstić information content (AvgIpc) is 2.55. The van der Waals surface area contributed by atoms with Crippen molar-refractivity contribution in [1.82, 2.24) is 5.32 Å². The Hall–Kier alpha value is -2.09. The molecule has 0 aliphatic heterocycles. The van der Waals surface area contributed by atoms with Gasteiger partial charge in [-0.05, 0) is 24.1 Å². The first-order valence-electron chi connectivity index (χ1n) is 7.16. The molecule has 0 radical (unpaired) electrons. The summed E-state index contributed by atoms with van der Waals surface area (Å²) in [5, 5.41) is 5.75. The number of anilines is 1. The van der Waals surface area contributed by atoms with E-state index in [1.54, 1.807) is 0 Å². The number of halogens is 1. The maximum absolute atomic E-state index is 11.7. The fourth-order valence-corrected chi connectivity index (χ4v) is 1.91. The third kappa shape index (κ3) is 7.64. The number of aliphatic imine (C=N–C) groups is 1. The zero-order chi connectivity index (χ0) is 15.6. The maximum Gasteiger partial charge on any atom is 0.241 e. The van der Waals surface area contributed by atoms with Crippen LogP contribution >= 0.6 is 24.0 Å². The minimum absolute atomic E-state index is 0.